The van der Waals surface area contributed by atoms with Gasteiger partial charge in [-0.2, -0.15) is 0 Å². The number of carboxylic acids is 1. The van der Waals surface area contributed by atoms with Gasteiger partial charge < -0.3 is 47.0 Å². The van der Waals surface area contributed by atoms with Gasteiger partial charge in [0.05, 0.1) is 6.54 Å². The lowest BCUT2D eigenvalue weighted by atomic mass is 9.96. The predicted molar refractivity (Wildman–Crippen MR) is 228 cm³/mol. The Kier molecular flexibility index (Phi) is 18.6. The van der Waals surface area contributed by atoms with Gasteiger partial charge in [-0.25, -0.2) is 9.59 Å². The van der Waals surface area contributed by atoms with Crippen molar-refractivity contribution < 1.29 is 43.8 Å². The second-order valence-electron chi connectivity index (χ2n) is 15.5. The van der Waals surface area contributed by atoms with Crippen molar-refractivity contribution in [1.29, 1.82) is 0 Å². The van der Waals surface area contributed by atoms with Gasteiger partial charge in [-0.05, 0) is 79.7 Å². The van der Waals surface area contributed by atoms with E-state index in [-0.39, 0.29) is 38.0 Å². The Balaban J connectivity index is 1.61. The van der Waals surface area contributed by atoms with E-state index in [1.807, 2.05) is 37.3 Å². The molecule has 7 amide bonds. The molecule has 1 saturated heterocycles. The molecule has 3 aromatic carbocycles. The van der Waals surface area contributed by atoms with E-state index in [9.17, 15) is 43.8 Å². The van der Waals surface area contributed by atoms with Crippen molar-refractivity contribution in [2.24, 2.45) is 5.92 Å². The third kappa shape index (κ3) is 15.6. The zero-order valence-corrected chi connectivity index (χ0v) is 35.0. The molecule has 1 fully saturated rings. The molecule has 0 spiro atoms. The van der Waals surface area contributed by atoms with Gasteiger partial charge in [0.25, 0.3) is 0 Å². The maximum atomic E-state index is 14.2. The number of carbonyl (C=O) groups excluding carboxylic acids is 6. The maximum Gasteiger partial charge on any atom is 0.326 e. The maximum absolute atomic E-state index is 14.2. The molecule has 1 aliphatic heterocycles. The number of phenolic OH excluding ortho intramolecular Hbond substituents is 1. The Morgan fingerprint density at radius 1 is 0.770 bits per heavy atom. The van der Waals surface area contributed by atoms with Gasteiger partial charge in [0.15, 0.2) is 0 Å². The highest BCUT2D eigenvalue weighted by molar-refractivity contribution is 5.96. The van der Waals surface area contributed by atoms with Gasteiger partial charge in [0.1, 0.15) is 36.0 Å². The van der Waals surface area contributed by atoms with E-state index in [1.165, 1.54) is 24.1 Å². The molecule has 0 bridgehead atoms. The Hall–Kier alpha value is -6.45. The van der Waals surface area contributed by atoms with Gasteiger partial charge >= 0.3 is 12.0 Å². The Morgan fingerprint density at radius 3 is 2.00 bits per heavy atom. The smallest absolute Gasteiger partial charge is 0.326 e. The van der Waals surface area contributed by atoms with Crippen molar-refractivity contribution in [2.75, 3.05) is 20.1 Å². The average molecular weight is 842 g/mol. The first-order chi connectivity index (χ1) is 29.2. The third-order valence-electron chi connectivity index (χ3n) is 10.8. The molecule has 61 heavy (non-hydrogen) atoms. The number of carboxylic acid groups (broad SMARTS) is 1. The topological polar surface area (TPSA) is 235 Å². The van der Waals surface area contributed by atoms with Crippen molar-refractivity contribution in [3.8, 4) is 5.75 Å². The van der Waals surface area contributed by atoms with Crippen LogP contribution in [0.3, 0.4) is 0 Å². The zero-order chi connectivity index (χ0) is 44.3. The molecule has 16 heteroatoms. The summed E-state index contributed by atoms with van der Waals surface area (Å²) >= 11 is 0. The van der Waals surface area contributed by atoms with Crippen molar-refractivity contribution in [3.63, 3.8) is 0 Å². The number of hydrogen-bond acceptors (Lipinski definition) is 8. The minimum Gasteiger partial charge on any atom is -0.508 e. The van der Waals surface area contributed by atoms with Crippen LogP contribution in [0.15, 0.2) is 84.9 Å². The molecule has 16 nitrogen and oxygen atoms in total. The predicted octanol–water partition coefficient (Wildman–Crippen LogP) is 2.58. The van der Waals surface area contributed by atoms with Gasteiger partial charge in [-0.3, -0.25) is 24.0 Å². The monoisotopic (exact) mass is 841 g/mol. The van der Waals surface area contributed by atoms with E-state index in [0.29, 0.717) is 37.7 Å². The molecule has 6 atom stereocenters. The van der Waals surface area contributed by atoms with Gasteiger partial charge in [-0.1, -0.05) is 93.1 Å². The standard InChI is InChI=1S/C45H59N7O9/c1-4-29(2)39-42(57)48-36(25-21-31-18-22-33(53)23-19-31)43(58)52(3)28-38(54)47-35(24-20-30-13-7-5-8-14-30)40(55)46-26-12-11-17-34(41(56)51-39)49-45(61)50-37(44(59)60)27-32-15-9-6-10-16-32/h5-10,13-16,18-19,22-23,29,34-37,39,53H,4,11-12,17,20-21,24-28H2,1-3H3,(H,46,55)(H,47,54)(H,48,57)(H,51,56)(H,59,60)(H2,49,50,61)/t29-,34?,35-,36?,37-,39-/m0/s1. The number of amides is 7. The number of nitrogens with one attached hydrogen (secondary N) is 6. The number of phenols is 1. The van der Waals surface area contributed by atoms with E-state index in [0.717, 1.165) is 11.1 Å². The molecular formula is C45H59N7O9. The molecule has 3 aromatic rings. The van der Waals surface area contributed by atoms with Crippen LogP contribution in [0.5, 0.6) is 5.75 Å². The van der Waals surface area contributed by atoms with E-state index in [1.54, 1.807) is 49.4 Å². The number of rotatable bonds is 13. The highest BCUT2D eigenvalue weighted by atomic mass is 16.4. The minimum absolute atomic E-state index is 0.00890. The van der Waals surface area contributed by atoms with Crippen molar-refractivity contribution >= 4 is 41.5 Å². The van der Waals surface area contributed by atoms with Gasteiger partial charge in [0, 0.05) is 20.0 Å². The summed E-state index contributed by atoms with van der Waals surface area (Å²) in [7, 11) is 1.42. The van der Waals surface area contributed by atoms with Crippen molar-refractivity contribution in [3.05, 3.63) is 102 Å². The summed E-state index contributed by atoms with van der Waals surface area (Å²) in [5.41, 5.74) is 2.42. The first-order valence-corrected chi connectivity index (χ1v) is 20.8. The summed E-state index contributed by atoms with van der Waals surface area (Å²) in [6, 6.07) is 17.9. The molecule has 2 unspecified atom stereocenters. The lowest BCUT2D eigenvalue weighted by Crippen LogP contribution is -2.60. The lowest BCUT2D eigenvalue weighted by Gasteiger charge is -2.30. The van der Waals surface area contributed by atoms with Crippen LogP contribution in [0, 0.1) is 5.92 Å². The molecular weight excluding hydrogens is 783 g/mol. The average Bonchev–Trinajstić information content (AvgIpc) is 3.25. The van der Waals surface area contributed by atoms with Crippen molar-refractivity contribution in [2.45, 2.75) is 102 Å². The Labute approximate surface area is 356 Å². The molecule has 8 N–H and O–H groups in total. The number of urea groups is 1. The highest BCUT2D eigenvalue weighted by Crippen LogP contribution is 2.16. The van der Waals surface area contributed by atoms with Crippen LogP contribution in [-0.2, 0) is 48.0 Å². The number of likely N-dealkylation sites (N-methyl/N-ethyl adjacent to an activating group) is 1. The van der Waals surface area contributed by atoms with Crippen LogP contribution in [0.4, 0.5) is 4.79 Å². The van der Waals surface area contributed by atoms with E-state index in [4.69, 9.17) is 0 Å². The van der Waals surface area contributed by atoms with Gasteiger partial charge in [0.2, 0.25) is 29.5 Å². The third-order valence-corrected chi connectivity index (χ3v) is 10.8. The molecule has 0 saturated carbocycles. The Morgan fingerprint density at radius 2 is 1.38 bits per heavy atom. The summed E-state index contributed by atoms with van der Waals surface area (Å²) in [4.78, 5) is 95.9. The highest BCUT2D eigenvalue weighted by Gasteiger charge is 2.34. The number of aromatic hydroxyl groups is 1. The van der Waals surface area contributed by atoms with E-state index in [2.05, 4.69) is 31.9 Å². The van der Waals surface area contributed by atoms with Gasteiger partial charge in [-0.15, -0.1) is 0 Å². The van der Waals surface area contributed by atoms with E-state index < -0.39 is 84.2 Å². The van der Waals surface area contributed by atoms with Crippen LogP contribution < -0.4 is 31.9 Å². The molecule has 0 aromatic heterocycles. The van der Waals surface area contributed by atoms with E-state index >= 15 is 0 Å². The van der Waals surface area contributed by atoms with Crippen LogP contribution >= 0.6 is 0 Å². The molecule has 0 aliphatic carbocycles. The summed E-state index contributed by atoms with van der Waals surface area (Å²) in [6.45, 7) is 3.36. The first kappa shape index (κ1) is 47.2. The zero-order valence-electron chi connectivity index (χ0n) is 35.0. The summed E-state index contributed by atoms with van der Waals surface area (Å²) in [5, 5.41) is 36.0. The summed E-state index contributed by atoms with van der Waals surface area (Å²) < 4.78 is 0. The molecule has 1 aliphatic rings. The Bertz CT molecular complexity index is 1930. The van der Waals surface area contributed by atoms with Crippen LogP contribution in [0.1, 0.15) is 69.1 Å². The second kappa shape index (κ2) is 24.0. The second-order valence-corrected chi connectivity index (χ2v) is 15.5. The number of carbonyl (C=O) groups is 7. The van der Waals surface area contributed by atoms with Crippen molar-refractivity contribution in [1.82, 2.24) is 36.8 Å². The SMILES string of the molecule is CC[C@H](C)[C@@H]1NC(=O)C(NC(=O)N[C@@H](Cc2ccccc2)C(=O)O)CCCCNC(=O)[C@H](CCc2ccccc2)NC(=O)CN(C)C(=O)C(CCc2ccc(O)cc2)NC1=O. The van der Waals surface area contributed by atoms with Crippen LogP contribution in [-0.4, -0.2) is 107 Å². The number of aryl methyl sites for hydroxylation is 2. The number of nitrogens with zero attached hydrogens (tertiary/aromatic N) is 1. The molecule has 4 rings (SSSR count). The summed E-state index contributed by atoms with van der Waals surface area (Å²) in [5.74, 6) is -4.59. The lowest BCUT2D eigenvalue weighted by molar-refractivity contribution is -0.140. The molecule has 1 heterocycles. The number of hydrogen-bond donors (Lipinski definition) is 8. The van der Waals surface area contributed by atoms with Crippen LogP contribution in [0.2, 0.25) is 0 Å². The molecule has 0 radical (unpaired) electrons. The molecule has 328 valence electrons. The fraction of sp³-hybridized carbons (Fsp3) is 0.444. The number of aliphatic carboxylic acids is 1. The number of benzene rings is 3. The van der Waals surface area contributed by atoms with Crippen LogP contribution in [0.25, 0.3) is 0 Å². The minimum atomic E-state index is -1.31. The summed E-state index contributed by atoms with van der Waals surface area (Å²) in [6.07, 6.45) is 2.36. The quantitative estimate of drug-likeness (QED) is 0.126. The largest absolute Gasteiger partial charge is 0.508 e. The fourth-order valence-electron chi connectivity index (χ4n) is 6.96. The normalized spacial score (nSPS) is 20.9. The fourth-order valence-corrected chi connectivity index (χ4v) is 6.96. The first-order valence-electron chi connectivity index (χ1n) is 20.8.